The monoisotopic (exact) mass is 415 g/mol. The zero-order valence-electron chi connectivity index (χ0n) is 11.4. The van der Waals surface area contributed by atoms with Crippen molar-refractivity contribution in [1.29, 1.82) is 0 Å². The van der Waals surface area contributed by atoms with Crippen LogP contribution in [0.4, 0.5) is 0 Å². The predicted molar refractivity (Wildman–Crippen MR) is 93.4 cm³/mol. The standard InChI is InChI=1S/C15H14INO3S/c1-17-15(19)12-5-6-13(21-8-7-20-16)11-4-2-3-10(9-18)14(11)12/h2-6,9H,7-8H2,1H3,(H,17,19). The van der Waals surface area contributed by atoms with Crippen LogP contribution in [0.2, 0.25) is 0 Å². The summed E-state index contributed by atoms with van der Waals surface area (Å²) >= 11 is 3.51. The molecule has 0 atom stereocenters. The van der Waals surface area contributed by atoms with Crippen molar-refractivity contribution >= 4 is 57.7 Å². The molecule has 2 aromatic carbocycles. The van der Waals surface area contributed by atoms with E-state index in [0.29, 0.717) is 23.1 Å². The van der Waals surface area contributed by atoms with Crippen LogP contribution in [0.15, 0.2) is 35.2 Å². The summed E-state index contributed by atoms with van der Waals surface area (Å²) in [6, 6.07) is 9.17. The highest BCUT2D eigenvalue weighted by atomic mass is 127. The lowest BCUT2D eigenvalue weighted by atomic mass is 9.99. The van der Waals surface area contributed by atoms with Crippen molar-refractivity contribution in [1.82, 2.24) is 5.32 Å². The lowest BCUT2D eigenvalue weighted by Crippen LogP contribution is -2.18. The van der Waals surface area contributed by atoms with E-state index < -0.39 is 0 Å². The molecular formula is C15H14INO3S. The number of carbonyl (C=O) groups is 2. The molecule has 0 bridgehead atoms. The molecular weight excluding hydrogens is 401 g/mol. The fourth-order valence-corrected chi connectivity index (χ4v) is 3.53. The number of rotatable bonds is 6. The first-order valence-electron chi connectivity index (χ1n) is 6.32. The Bertz CT molecular complexity index is 675. The van der Waals surface area contributed by atoms with Crippen molar-refractivity contribution in [2.24, 2.45) is 0 Å². The summed E-state index contributed by atoms with van der Waals surface area (Å²) in [6.45, 7) is 0.636. The minimum Gasteiger partial charge on any atom is -0.355 e. The van der Waals surface area contributed by atoms with Crippen molar-refractivity contribution < 1.29 is 12.7 Å². The second-order valence-corrected chi connectivity index (χ2v) is 6.00. The summed E-state index contributed by atoms with van der Waals surface area (Å²) in [5, 5.41) is 4.23. The second kappa shape index (κ2) is 7.77. The smallest absolute Gasteiger partial charge is 0.251 e. The Morgan fingerprint density at radius 2 is 2.19 bits per heavy atom. The van der Waals surface area contributed by atoms with Gasteiger partial charge >= 0.3 is 0 Å². The van der Waals surface area contributed by atoms with E-state index in [0.717, 1.165) is 22.3 Å². The molecule has 4 nitrogen and oxygen atoms in total. The molecule has 2 aromatic rings. The van der Waals surface area contributed by atoms with E-state index in [1.54, 1.807) is 30.9 Å². The van der Waals surface area contributed by atoms with Crippen LogP contribution in [0.25, 0.3) is 10.8 Å². The lowest BCUT2D eigenvalue weighted by molar-refractivity contribution is 0.0964. The maximum absolute atomic E-state index is 12.0. The van der Waals surface area contributed by atoms with Crippen molar-refractivity contribution in [3.05, 3.63) is 41.5 Å². The van der Waals surface area contributed by atoms with E-state index in [4.69, 9.17) is 3.07 Å². The fourth-order valence-electron chi connectivity index (χ4n) is 2.14. The molecule has 2 rings (SSSR count). The molecule has 0 unspecified atom stereocenters. The molecule has 0 heterocycles. The minimum absolute atomic E-state index is 0.193. The van der Waals surface area contributed by atoms with Gasteiger partial charge in [0.15, 0.2) is 6.29 Å². The molecule has 0 saturated heterocycles. The molecule has 0 aromatic heterocycles. The Balaban J connectivity index is 2.60. The van der Waals surface area contributed by atoms with Gasteiger partial charge in [-0.15, -0.1) is 11.8 Å². The van der Waals surface area contributed by atoms with Crippen molar-refractivity contribution in [2.75, 3.05) is 19.4 Å². The van der Waals surface area contributed by atoms with Gasteiger partial charge in [-0.3, -0.25) is 9.59 Å². The van der Waals surface area contributed by atoms with Gasteiger partial charge in [-0.05, 0) is 17.5 Å². The van der Waals surface area contributed by atoms with Gasteiger partial charge in [0.1, 0.15) is 23.0 Å². The second-order valence-electron chi connectivity index (χ2n) is 4.24. The number of hydrogen-bond donors (Lipinski definition) is 1. The first-order valence-corrected chi connectivity index (χ1v) is 8.19. The third-order valence-corrected chi connectivity index (χ3v) is 4.53. The summed E-state index contributed by atoms with van der Waals surface area (Å²) in [6.07, 6.45) is 0.789. The van der Waals surface area contributed by atoms with Crippen LogP contribution in [-0.4, -0.2) is 31.6 Å². The van der Waals surface area contributed by atoms with Gasteiger partial charge < -0.3 is 8.38 Å². The Morgan fingerprint density at radius 1 is 1.38 bits per heavy atom. The highest BCUT2D eigenvalue weighted by Gasteiger charge is 2.14. The number of aldehydes is 1. The van der Waals surface area contributed by atoms with Crippen molar-refractivity contribution in [3.8, 4) is 0 Å². The van der Waals surface area contributed by atoms with Crippen molar-refractivity contribution in [2.45, 2.75) is 4.90 Å². The zero-order chi connectivity index (χ0) is 15.2. The van der Waals surface area contributed by atoms with E-state index in [9.17, 15) is 9.59 Å². The normalized spacial score (nSPS) is 10.6. The number of carbonyl (C=O) groups excluding carboxylic acids is 2. The molecule has 6 heteroatoms. The van der Waals surface area contributed by atoms with Crippen LogP contribution in [0, 0.1) is 0 Å². The number of thioether (sulfide) groups is 1. The van der Waals surface area contributed by atoms with E-state index in [1.807, 2.05) is 41.2 Å². The molecule has 0 aliphatic carbocycles. The summed E-state index contributed by atoms with van der Waals surface area (Å²) in [5.41, 5.74) is 1.04. The largest absolute Gasteiger partial charge is 0.355 e. The third kappa shape index (κ3) is 3.56. The first-order chi connectivity index (χ1) is 10.2. The molecule has 0 aliphatic heterocycles. The average molecular weight is 415 g/mol. The molecule has 1 N–H and O–H groups in total. The van der Waals surface area contributed by atoms with Gasteiger partial charge in [0.25, 0.3) is 5.91 Å². The average Bonchev–Trinajstić information content (AvgIpc) is 2.53. The maximum atomic E-state index is 12.0. The summed E-state index contributed by atoms with van der Waals surface area (Å²) in [5.74, 6) is 0.615. The van der Waals surface area contributed by atoms with Gasteiger partial charge in [-0.2, -0.15) is 0 Å². The molecule has 21 heavy (non-hydrogen) atoms. The Labute approximate surface area is 141 Å². The molecule has 0 fully saturated rings. The molecule has 1 amide bonds. The molecule has 0 aliphatic rings. The quantitative estimate of drug-likeness (QED) is 0.340. The summed E-state index contributed by atoms with van der Waals surface area (Å²) < 4.78 is 5.03. The van der Waals surface area contributed by atoms with Crippen LogP contribution < -0.4 is 5.32 Å². The Morgan fingerprint density at radius 3 is 2.86 bits per heavy atom. The SMILES string of the molecule is CNC(=O)c1ccc(SCCOI)c2cccc(C=O)c12. The van der Waals surface area contributed by atoms with E-state index in [2.05, 4.69) is 5.32 Å². The van der Waals surface area contributed by atoms with Gasteiger partial charge in [0.05, 0.1) is 6.61 Å². The number of benzene rings is 2. The van der Waals surface area contributed by atoms with Gasteiger partial charge in [-0.1, -0.05) is 18.2 Å². The Kier molecular flexibility index (Phi) is 6.01. The summed E-state index contributed by atoms with van der Waals surface area (Å²) in [4.78, 5) is 24.3. The number of hydrogen-bond acceptors (Lipinski definition) is 4. The van der Waals surface area contributed by atoms with E-state index in [-0.39, 0.29) is 5.91 Å². The van der Waals surface area contributed by atoms with Crippen molar-refractivity contribution in [3.63, 3.8) is 0 Å². The predicted octanol–water partition coefficient (Wildman–Crippen LogP) is 3.47. The van der Waals surface area contributed by atoms with Crippen LogP contribution in [0.3, 0.4) is 0 Å². The number of fused-ring (bicyclic) bond motifs is 1. The van der Waals surface area contributed by atoms with Crippen LogP contribution >= 0.6 is 34.8 Å². The number of amides is 1. The summed E-state index contributed by atoms with van der Waals surface area (Å²) in [7, 11) is 1.58. The van der Waals surface area contributed by atoms with Gasteiger partial charge in [0, 0.05) is 34.2 Å². The van der Waals surface area contributed by atoms with Crippen LogP contribution in [0.5, 0.6) is 0 Å². The zero-order valence-corrected chi connectivity index (χ0v) is 14.4. The Hall–Kier alpha value is -1.12. The maximum Gasteiger partial charge on any atom is 0.251 e. The van der Waals surface area contributed by atoms with E-state index >= 15 is 0 Å². The molecule has 110 valence electrons. The topological polar surface area (TPSA) is 55.4 Å². The van der Waals surface area contributed by atoms with Crippen LogP contribution in [0.1, 0.15) is 20.7 Å². The molecule has 0 saturated carbocycles. The van der Waals surface area contributed by atoms with E-state index in [1.165, 1.54) is 0 Å². The minimum atomic E-state index is -0.193. The number of halogens is 1. The lowest BCUT2D eigenvalue weighted by Gasteiger charge is -2.11. The van der Waals surface area contributed by atoms with Gasteiger partial charge in [0.2, 0.25) is 0 Å². The van der Waals surface area contributed by atoms with Crippen LogP contribution in [-0.2, 0) is 3.07 Å². The molecule has 0 radical (unpaired) electrons. The molecule has 0 spiro atoms. The highest BCUT2D eigenvalue weighted by Crippen LogP contribution is 2.32. The fraction of sp³-hybridized carbons (Fsp3) is 0.200. The number of nitrogens with one attached hydrogen (secondary N) is 1. The van der Waals surface area contributed by atoms with Gasteiger partial charge in [-0.25, -0.2) is 0 Å². The highest BCUT2D eigenvalue weighted by molar-refractivity contribution is 14.1. The third-order valence-electron chi connectivity index (χ3n) is 3.05. The first kappa shape index (κ1) is 16.3.